The molecule has 2 bridgehead atoms. The SMILES string of the molecule is CC1(C)[C@H]2CC[C@@]1(C)c1c2c(C(=O)Nc2ccc3ccccc3c2)nn1-c1ccccc1. The number of carbonyl (C=O) groups is 1. The fourth-order valence-electron chi connectivity index (χ4n) is 6.10. The maximum atomic E-state index is 13.6. The highest BCUT2D eigenvalue weighted by Gasteiger charge is 2.63. The number of fused-ring (bicyclic) bond motifs is 6. The maximum absolute atomic E-state index is 13.6. The Labute approximate surface area is 188 Å². The lowest BCUT2D eigenvalue weighted by Gasteiger charge is -2.35. The summed E-state index contributed by atoms with van der Waals surface area (Å²) in [7, 11) is 0. The van der Waals surface area contributed by atoms with Gasteiger partial charge >= 0.3 is 0 Å². The quantitative estimate of drug-likeness (QED) is 0.413. The van der Waals surface area contributed by atoms with Crippen molar-refractivity contribution in [2.75, 3.05) is 5.32 Å². The Morgan fingerprint density at radius 1 is 0.969 bits per heavy atom. The van der Waals surface area contributed by atoms with E-state index in [0.29, 0.717) is 11.6 Å². The van der Waals surface area contributed by atoms with Gasteiger partial charge in [-0.05, 0) is 59.2 Å². The van der Waals surface area contributed by atoms with Crippen molar-refractivity contribution in [1.82, 2.24) is 9.78 Å². The Balaban J connectivity index is 1.47. The third-order valence-electron chi connectivity index (χ3n) is 8.24. The second-order valence-corrected chi connectivity index (χ2v) is 10.0. The zero-order chi connectivity index (χ0) is 22.1. The second kappa shape index (κ2) is 6.55. The molecular weight excluding hydrogens is 394 g/mol. The topological polar surface area (TPSA) is 46.9 Å². The van der Waals surface area contributed by atoms with Crippen LogP contribution in [0.2, 0.25) is 0 Å². The van der Waals surface area contributed by atoms with E-state index < -0.39 is 0 Å². The molecule has 4 heteroatoms. The average molecular weight is 422 g/mol. The van der Waals surface area contributed by atoms with Crippen molar-refractivity contribution in [3.8, 4) is 5.69 Å². The van der Waals surface area contributed by atoms with Gasteiger partial charge in [-0.25, -0.2) is 4.68 Å². The van der Waals surface area contributed by atoms with Crippen LogP contribution in [0, 0.1) is 5.41 Å². The largest absolute Gasteiger partial charge is 0.321 e. The molecule has 0 aliphatic heterocycles. The Morgan fingerprint density at radius 2 is 1.69 bits per heavy atom. The van der Waals surface area contributed by atoms with Crippen LogP contribution in [0.25, 0.3) is 16.5 Å². The lowest BCUT2D eigenvalue weighted by molar-refractivity contribution is 0.101. The summed E-state index contributed by atoms with van der Waals surface area (Å²) in [6.45, 7) is 7.06. The minimum atomic E-state index is -0.127. The van der Waals surface area contributed by atoms with Crippen molar-refractivity contribution in [1.29, 1.82) is 0 Å². The van der Waals surface area contributed by atoms with Gasteiger partial charge in [0.05, 0.1) is 11.4 Å². The summed E-state index contributed by atoms with van der Waals surface area (Å²) in [5.41, 5.74) is 4.83. The van der Waals surface area contributed by atoms with Crippen LogP contribution in [0.4, 0.5) is 5.69 Å². The molecule has 2 atom stereocenters. The first-order valence-corrected chi connectivity index (χ1v) is 11.4. The van der Waals surface area contributed by atoms with Crippen molar-refractivity contribution < 1.29 is 4.79 Å². The van der Waals surface area contributed by atoms with Gasteiger partial charge in [-0.3, -0.25) is 4.79 Å². The summed E-state index contributed by atoms with van der Waals surface area (Å²) >= 11 is 0. The van der Waals surface area contributed by atoms with Crippen LogP contribution in [0.15, 0.2) is 72.8 Å². The monoisotopic (exact) mass is 421 g/mol. The molecule has 2 aliphatic carbocycles. The fourth-order valence-corrected chi connectivity index (χ4v) is 6.10. The summed E-state index contributed by atoms with van der Waals surface area (Å²) in [5, 5.41) is 10.3. The molecule has 1 fully saturated rings. The van der Waals surface area contributed by atoms with Gasteiger partial charge in [-0.15, -0.1) is 0 Å². The Kier molecular flexibility index (Phi) is 3.95. The highest BCUT2D eigenvalue weighted by molar-refractivity contribution is 6.05. The van der Waals surface area contributed by atoms with E-state index in [2.05, 4.69) is 50.4 Å². The third kappa shape index (κ3) is 2.49. The molecule has 0 saturated heterocycles. The molecule has 4 nitrogen and oxygen atoms in total. The van der Waals surface area contributed by atoms with E-state index in [9.17, 15) is 4.79 Å². The first-order valence-electron chi connectivity index (χ1n) is 11.4. The molecule has 32 heavy (non-hydrogen) atoms. The number of hydrogen-bond acceptors (Lipinski definition) is 2. The van der Waals surface area contributed by atoms with Crippen LogP contribution in [-0.2, 0) is 5.41 Å². The predicted octanol–water partition coefficient (Wildman–Crippen LogP) is 6.45. The number of anilines is 1. The number of nitrogens with one attached hydrogen (secondary N) is 1. The van der Waals surface area contributed by atoms with Crippen LogP contribution in [0.5, 0.6) is 0 Å². The van der Waals surface area contributed by atoms with E-state index in [1.165, 1.54) is 5.69 Å². The van der Waals surface area contributed by atoms with Gasteiger partial charge < -0.3 is 5.32 Å². The molecule has 1 heterocycles. The lowest BCUT2D eigenvalue weighted by Crippen LogP contribution is -2.33. The molecule has 160 valence electrons. The number of aromatic nitrogens is 2. The smallest absolute Gasteiger partial charge is 0.276 e. The summed E-state index contributed by atoms with van der Waals surface area (Å²) < 4.78 is 2.03. The van der Waals surface area contributed by atoms with E-state index in [4.69, 9.17) is 5.10 Å². The van der Waals surface area contributed by atoms with Gasteiger partial charge in [0.1, 0.15) is 0 Å². The lowest BCUT2D eigenvalue weighted by atomic mass is 9.70. The van der Waals surface area contributed by atoms with Crippen LogP contribution in [0.3, 0.4) is 0 Å². The number of hydrogen-bond donors (Lipinski definition) is 1. The predicted molar refractivity (Wildman–Crippen MR) is 129 cm³/mol. The third-order valence-corrected chi connectivity index (χ3v) is 8.24. The maximum Gasteiger partial charge on any atom is 0.276 e. The van der Waals surface area contributed by atoms with E-state index in [0.717, 1.165) is 40.6 Å². The van der Waals surface area contributed by atoms with E-state index in [1.807, 2.05) is 53.2 Å². The van der Waals surface area contributed by atoms with Crippen LogP contribution in [-0.4, -0.2) is 15.7 Å². The van der Waals surface area contributed by atoms with E-state index >= 15 is 0 Å². The van der Waals surface area contributed by atoms with E-state index in [-0.39, 0.29) is 16.7 Å². The minimum Gasteiger partial charge on any atom is -0.321 e. The van der Waals surface area contributed by atoms with Crippen molar-refractivity contribution >= 4 is 22.4 Å². The number of benzene rings is 3. The van der Waals surface area contributed by atoms with Gasteiger partial charge in [0.2, 0.25) is 0 Å². The number of amides is 1. The zero-order valence-corrected chi connectivity index (χ0v) is 18.7. The molecule has 4 aromatic rings. The Hall–Kier alpha value is -3.40. The van der Waals surface area contributed by atoms with Crippen molar-refractivity contribution in [3.05, 3.63) is 89.7 Å². The van der Waals surface area contributed by atoms with Crippen LogP contribution >= 0.6 is 0 Å². The number of para-hydroxylation sites is 1. The molecule has 1 aromatic heterocycles. The van der Waals surface area contributed by atoms with Crippen molar-refractivity contribution in [2.24, 2.45) is 5.41 Å². The molecule has 1 saturated carbocycles. The van der Waals surface area contributed by atoms with Crippen LogP contribution < -0.4 is 5.32 Å². The molecule has 0 unspecified atom stereocenters. The van der Waals surface area contributed by atoms with Crippen molar-refractivity contribution in [2.45, 2.75) is 44.9 Å². The summed E-state index contributed by atoms with van der Waals surface area (Å²) in [5.74, 6) is 0.218. The zero-order valence-electron chi connectivity index (χ0n) is 18.7. The normalized spacial score (nSPS) is 22.8. The Bertz CT molecular complexity index is 1370. The van der Waals surface area contributed by atoms with Gasteiger partial charge in [0.15, 0.2) is 5.69 Å². The van der Waals surface area contributed by atoms with Gasteiger partial charge in [-0.1, -0.05) is 69.3 Å². The number of nitrogens with zero attached hydrogens (tertiary/aromatic N) is 2. The summed E-state index contributed by atoms with van der Waals surface area (Å²) in [6, 6.07) is 24.4. The Morgan fingerprint density at radius 3 is 2.47 bits per heavy atom. The molecule has 1 N–H and O–H groups in total. The molecular formula is C28H27N3O. The van der Waals surface area contributed by atoms with Crippen molar-refractivity contribution in [3.63, 3.8) is 0 Å². The van der Waals surface area contributed by atoms with Gasteiger partial charge in [0, 0.05) is 16.7 Å². The first-order chi connectivity index (χ1) is 15.4. The molecule has 2 aliphatic rings. The first kappa shape index (κ1) is 19.3. The molecule has 3 aromatic carbocycles. The summed E-state index contributed by atoms with van der Waals surface area (Å²) in [4.78, 5) is 13.6. The number of carbonyl (C=O) groups excluding carboxylic acids is 1. The minimum absolute atomic E-state index is 0.00266. The van der Waals surface area contributed by atoms with Gasteiger partial charge in [0.25, 0.3) is 5.91 Å². The van der Waals surface area contributed by atoms with Crippen LogP contribution in [0.1, 0.15) is 61.3 Å². The average Bonchev–Trinajstić information content (AvgIpc) is 3.36. The molecule has 0 spiro atoms. The van der Waals surface area contributed by atoms with E-state index in [1.54, 1.807) is 0 Å². The van der Waals surface area contributed by atoms with Gasteiger partial charge in [-0.2, -0.15) is 5.10 Å². The molecule has 1 amide bonds. The highest BCUT2D eigenvalue weighted by atomic mass is 16.2. The number of rotatable bonds is 3. The molecule has 0 radical (unpaired) electrons. The highest BCUT2D eigenvalue weighted by Crippen LogP contribution is 2.68. The summed E-state index contributed by atoms with van der Waals surface area (Å²) in [6.07, 6.45) is 2.23. The standard InChI is InChI=1S/C28H27N3O/c1-27(2)22-15-16-28(27,3)25-23(22)24(30-31(25)21-11-5-4-6-12-21)26(32)29-20-14-13-18-9-7-8-10-19(18)17-20/h4-14,17,22H,15-16H2,1-3H3,(H,29,32)/t22-,28-/m0/s1. The fraction of sp³-hybridized carbons (Fsp3) is 0.286. The molecule has 6 rings (SSSR count). The second-order valence-electron chi connectivity index (χ2n) is 10.0.